The lowest BCUT2D eigenvalue weighted by Gasteiger charge is -2.34. The van der Waals surface area contributed by atoms with Crippen molar-refractivity contribution in [1.82, 2.24) is 4.98 Å². The van der Waals surface area contributed by atoms with Gasteiger partial charge in [-0.05, 0) is 43.2 Å². The molecule has 0 bridgehead atoms. The molecule has 1 saturated carbocycles. The smallest absolute Gasteiger partial charge is 0.356 e. The fourth-order valence-electron chi connectivity index (χ4n) is 2.77. The average molecular weight is 248 g/mol. The molecule has 3 atom stereocenters. The number of hydrogen-bond donors (Lipinski definition) is 2. The molecule has 0 spiro atoms. The number of nitrogens with zero attached hydrogens (tertiary/aromatic N) is 1. The fraction of sp³-hybridized carbons (Fsp3) is 0.571. The lowest BCUT2D eigenvalue weighted by molar-refractivity contribution is 0.0691. The lowest BCUT2D eigenvalue weighted by Crippen LogP contribution is -2.33. The first-order chi connectivity index (χ1) is 8.58. The Balaban J connectivity index is 2.12. The number of rotatable bonds is 3. The topological polar surface area (TPSA) is 62.2 Å². The molecule has 0 saturated heterocycles. The summed E-state index contributed by atoms with van der Waals surface area (Å²) in [6, 6.07) is 3.91. The molecule has 1 heterocycles. The zero-order chi connectivity index (χ0) is 13.1. The Kier molecular flexibility index (Phi) is 3.84. The molecule has 3 unspecified atom stereocenters. The number of aromatic nitrogens is 1. The maximum absolute atomic E-state index is 11.1. The number of hydrogen-bond acceptors (Lipinski definition) is 3. The van der Waals surface area contributed by atoms with E-state index in [9.17, 15) is 4.79 Å². The second-order valence-electron chi connectivity index (χ2n) is 5.35. The Morgan fingerprint density at radius 1 is 1.44 bits per heavy atom. The minimum absolute atomic E-state index is 0.114. The van der Waals surface area contributed by atoms with E-state index < -0.39 is 5.97 Å². The summed E-state index contributed by atoms with van der Waals surface area (Å²) in [5, 5.41) is 12.5. The normalized spacial score (nSPS) is 27.8. The highest BCUT2D eigenvalue weighted by Gasteiger charge is 2.26. The maximum Gasteiger partial charge on any atom is 0.356 e. The van der Waals surface area contributed by atoms with Crippen LogP contribution >= 0.6 is 0 Å². The first kappa shape index (κ1) is 12.9. The van der Waals surface area contributed by atoms with E-state index >= 15 is 0 Å². The van der Waals surface area contributed by atoms with E-state index in [0.29, 0.717) is 17.6 Å². The highest BCUT2D eigenvalue weighted by Crippen LogP contribution is 2.31. The van der Waals surface area contributed by atoms with E-state index in [4.69, 9.17) is 5.11 Å². The minimum atomic E-state index is -0.977. The molecule has 4 heteroatoms. The highest BCUT2D eigenvalue weighted by molar-refractivity contribution is 5.91. The van der Waals surface area contributed by atoms with E-state index in [1.807, 2.05) is 0 Å². The van der Waals surface area contributed by atoms with Gasteiger partial charge in [-0.1, -0.05) is 13.8 Å². The number of aromatic carboxylic acids is 1. The first-order valence-electron chi connectivity index (χ1n) is 6.52. The van der Waals surface area contributed by atoms with Crippen molar-refractivity contribution in [3.8, 4) is 0 Å². The Labute approximate surface area is 107 Å². The zero-order valence-corrected chi connectivity index (χ0v) is 10.9. The SMILES string of the molecule is CC1CCC(Nc2cccnc2C(=O)O)C(C)C1. The number of carboxylic acid groups (broad SMARTS) is 1. The van der Waals surface area contributed by atoms with Crippen LogP contribution in [0.15, 0.2) is 18.3 Å². The number of carbonyl (C=O) groups is 1. The summed E-state index contributed by atoms with van der Waals surface area (Å²) >= 11 is 0. The van der Waals surface area contributed by atoms with Crippen molar-refractivity contribution in [2.75, 3.05) is 5.32 Å². The second-order valence-corrected chi connectivity index (χ2v) is 5.35. The number of nitrogens with one attached hydrogen (secondary N) is 1. The molecule has 0 aliphatic heterocycles. The Bertz CT molecular complexity index is 434. The lowest BCUT2D eigenvalue weighted by atomic mass is 9.80. The van der Waals surface area contributed by atoms with Gasteiger partial charge < -0.3 is 10.4 Å². The first-order valence-corrected chi connectivity index (χ1v) is 6.52. The van der Waals surface area contributed by atoms with Gasteiger partial charge in [-0.25, -0.2) is 9.78 Å². The molecule has 0 amide bonds. The molecule has 1 aromatic rings. The largest absolute Gasteiger partial charge is 0.476 e. The van der Waals surface area contributed by atoms with Crippen molar-refractivity contribution in [1.29, 1.82) is 0 Å². The summed E-state index contributed by atoms with van der Waals surface area (Å²) in [4.78, 5) is 15.0. The standard InChI is InChI=1S/C14H20N2O2/c1-9-5-6-11(10(2)8-9)16-12-4-3-7-15-13(12)14(17)18/h3-4,7,9-11,16H,5-6,8H2,1-2H3,(H,17,18). The van der Waals surface area contributed by atoms with Gasteiger partial charge in [-0.3, -0.25) is 0 Å². The van der Waals surface area contributed by atoms with Gasteiger partial charge in [-0.15, -0.1) is 0 Å². The molecule has 18 heavy (non-hydrogen) atoms. The summed E-state index contributed by atoms with van der Waals surface area (Å²) in [6.45, 7) is 4.50. The monoisotopic (exact) mass is 248 g/mol. The predicted octanol–water partition coefficient (Wildman–Crippen LogP) is 3.02. The number of pyridine rings is 1. The molecule has 2 N–H and O–H groups in total. The van der Waals surface area contributed by atoms with Gasteiger partial charge >= 0.3 is 5.97 Å². The van der Waals surface area contributed by atoms with Gasteiger partial charge in [0.2, 0.25) is 0 Å². The fourth-order valence-corrected chi connectivity index (χ4v) is 2.77. The third-order valence-electron chi connectivity index (χ3n) is 3.78. The molecule has 98 valence electrons. The van der Waals surface area contributed by atoms with Crippen LogP contribution in [0.2, 0.25) is 0 Å². The summed E-state index contributed by atoms with van der Waals surface area (Å²) in [6.07, 6.45) is 5.00. The average Bonchev–Trinajstić information content (AvgIpc) is 2.33. The Hall–Kier alpha value is -1.58. The summed E-state index contributed by atoms with van der Waals surface area (Å²) in [7, 11) is 0. The van der Waals surface area contributed by atoms with Crippen LogP contribution in [0.4, 0.5) is 5.69 Å². The zero-order valence-electron chi connectivity index (χ0n) is 10.9. The molecule has 4 nitrogen and oxygen atoms in total. The Morgan fingerprint density at radius 2 is 2.22 bits per heavy atom. The highest BCUT2D eigenvalue weighted by atomic mass is 16.4. The quantitative estimate of drug-likeness (QED) is 0.863. The number of carboxylic acids is 1. The van der Waals surface area contributed by atoms with Crippen LogP contribution in [0.5, 0.6) is 0 Å². The van der Waals surface area contributed by atoms with Gasteiger partial charge in [0, 0.05) is 12.2 Å². The van der Waals surface area contributed by atoms with Gasteiger partial charge in [0.25, 0.3) is 0 Å². The summed E-state index contributed by atoms with van der Waals surface area (Å²) in [5.74, 6) is 0.358. The van der Waals surface area contributed by atoms with Crippen LogP contribution in [0.25, 0.3) is 0 Å². The van der Waals surface area contributed by atoms with Crippen LogP contribution in [0.1, 0.15) is 43.6 Å². The van der Waals surface area contributed by atoms with Gasteiger partial charge in [-0.2, -0.15) is 0 Å². The molecule has 0 radical (unpaired) electrons. The molecule has 1 aromatic heterocycles. The summed E-state index contributed by atoms with van der Waals surface area (Å²) in [5.41, 5.74) is 0.750. The molecular formula is C14H20N2O2. The van der Waals surface area contributed by atoms with Crippen LogP contribution in [-0.4, -0.2) is 22.1 Å². The van der Waals surface area contributed by atoms with Crippen molar-refractivity contribution in [3.63, 3.8) is 0 Å². The molecule has 1 aliphatic carbocycles. The molecule has 1 fully saturated rings. The van der Waals surface area contributed by atoms with E-state index in [-0.39, 0.29) is 5.69 Å². The third kappa shape index (κ3) is 2.81. The van der Waals surface area contributed by atoms with Crippen LogP contribution in [-0.2, 0) is 0 Å². The van der Waals surface area contributed by atoms with E-state index in [0.717, 1.165) is 12.3 Å². The van der Waals surface area contributed by atoms with Crippen LogP contribution in [0.3, 0.4) is 0 Å². The van der Waals surface area contributed by atoms with E-state index in [1.54, 1.807) is 12.1 Å². The summed E-state index contributed by atoms with van der Waals surface area (Å²) < 4.78 is 0. The number of anilines is 1. The predicted molar refractivity (Wildman–Crippen MR) is 70.8 cm³/mol. The Morgan fingerprint density at radius 3 is 2.89 bits per heavy atom. The third-order valence-corrected chi connectivity index (χ3v) is 3.78. The van der Waals surface area contributed by atoms with Crippen LogP contribution < -0.4 is 5.32 Å². The van der Waals surface area contributed by atoms with E-state index in [1.165, 1.54) is 19.0 Å². The molecule has 0 aromatic carbocycles. The second kappa shape index (κ2) is 5.38. The molecular weight excluding hydrogens is 228 g/mol. The maximum atomic E-state index is 11.1. The van der Waals surface area contributed by atoms with Crippen LogP contribution in [0, 0.1) is 11.8 Å². The van der Waals surface area contributed by atoms with Crippen molar-refractivity contribution >= 4 is 11.7 Å². The molecule has 1 aliphatic rings. The molecule has 2 rings (SSSR count). The van der Waals surface area contributed by atoms with Crippen molar-refractivity contribution < 1.29 is 9.90 Å². The van der Waals surface area contributed by atoms with Gasteiger partial charge in [0.1, 0.15) is 0 Å². The van der Waals surface area contributed by atoms with Gasteiger partial charge in [0.15, 0.2) is 5.69 Å². The minimum Gasteiger partial charge on any atom is -0.476 e. The van der Waals surface area contributed by atoms with Crippen molar-refractivity contribution in [3.05, 3.63) is 24.0 Å². The van der Waals surface area contributed by atoms with Crippen molar-refractivity contribution in [2.24, 2.45) is 11.8 Å². The van der Waals surface area contributed by atoms with Gasteiger partial charge in [0.05, 0.1) is 5.69 Å². The van der Waals surface area contributed by atoms with E-state index in [2.05, 4.69) is 24.1 Å². The van der Waals surface area contributed by atoms with Crippen molar-refractivity contribution in [2.45, 2.75) is 39.2 Å².